The second-order valence-electron chi connectivity index (χ2n) is 9.43. The van der Waals surface area contributed by atoms with Gasteiger partial charge in [-0.05, 0) is 49.4 Å². The number of aromatic nitrogens is 1. The molecule has 1 atom stereocenters. The summed E-state index contributed by atoms with van der Waals surface area (Å²) in [5.41, 5.74) is 3.53. The Morgan fingerprint density at radius 1 is 0.872 bits per heavy atom. The molecule has 7 heteroatoms. The number of aliphatic hydroxyl groups excluding tert-OH is 1. The summed E-state index contributed by atoms with van der Waals surface area (Å²) < 4.78 is 17.4. The summed E-state index contributed by atoms with van der Waals surface area (Å²) in [5.74, 6) is 1.72. The van der Waals surface area contributed by atoms with Crippen molar-refractivity contribution in [1.82, 2.24) is 9.88 Å². The number of aromatic amines is 1. The molecule has 1 amide bonds. The van der Waals surface area contributed by atoms with Gasteiger partial charge in [-0.2, -0.15) is 0 Å². The van der Waals surface area contributed by atoms with Gasteiger partial charge in [0.05, 0.1) is 25.7 Å². The summed E-state index contributed by atoms with van der Waals surface area (Å²) in [7, 11) is 1.59. The van der Waals surface area contributed by atoms with Gasteiger partial charge < -0.3 is 29.2 Å². The Morgan fingerprint density at radius 2 is 1.59 bits per heavy atom. The number of para-hydroxylation sites is 3. The van der Waals surface area contributed by atoms with E-state index in [2.05, 4.69) is 4.98 Å². The third-order valence-corrected chi connectivity index (χ3v) is 6.59. The van der Waals surface area contributed by atoms with Gasteiger partial charge in [0.2, 0.25) is 0 Å². The molecule has 1 aromatic heterocycles. The molecule has 0 aliphatic heterocycles. The van der Waals surface area contributed by atoms with Crippen LogP contribution in [0.1, 0.15) is 15.9 Å². The number of rotatable bonds is 11. The number of amides is 1. The number of hydrogen-bond acceptors (Lipinski definition) is 5. The molecule has 0 bridgehead atoms. The van der Waals surface area contributed by atoms with E-state index < -0.39 is 6.10 Å². The maximum atomic E-state index is 13.4. The van der Waals surface area contributed by atoms with E-state index in [1.165, 1.54) is 0 Å². The molecule has 1 unspecified atom stereocenters. The zero-order valence-corrected chi connectivity index (χ0v) is 22.1. The lowest BCUT2D eigenvalue weighted by atomic mass is 10.1. The van der Waals surface area contributed by atoms with Crippen molar-refractivity contribution in [3.8, 4) is 17.2 Å². The number of ether oxygens (including phenoxy) is 3. The van der Waals surface area contributed by atoms with Crippen LogP contribution < -0.4 is 14.2 Å². The van der Waals surface area contributed by atoms with Crippen molar-refractivity contribution in [2.75, 3.05) is 33.4 Å². The summed E-state index contributed by atoms with van der Waals surface area (Å²) in [5, 5.41) is 13.0. The lowest BCUT2D eigenvalue weighted by molar-refractivity contribution is 0.0470. The molecule has 5 aromatic rings. The van der Waals surface area contributed by atoms with E-state index >= 15 is 0 Å². The van der Waals surface area contributed by atoms with Gasteiger partial charge in [0.25, 0.3) is 5.91 Å². The second-order valence-corrected chi connectivity index (χ2v) is 9.43. The van der Waals surface area contributed by atoms with Gasteiger partial charge >= 0.3 is 0 Å². The van der Waals surface area contributed by atoms with E-state index in [4.69, 9.17) is 14.2 Å². The van der Waals surface area contributed by atoms with E-state index in [0.717, 1.165) is 27.4 Å². The third kappa shape index (κ3) is 5.99. The molecule has 0 saturated heterocycles. The Balaban J connectivity index is 1.29. The molecule has 39 heavy (non-hydrogen) atoms. The molecule has 0 fully saturated rings. The molecule has 200 valence electrons. The first kappa shape index (κ1) is 26.1. The third-order valence-electron chi connectivity index (χ3n) is 6.59. The van der Waals surface area contributed by atoms with Gasteiger partial charge in [-0.25, -0.2) is 0 Å². The molecular weight excluding hydrogens is 492 g/mol. The number of benzene rings is 4. The van der Waals surface area contributed by atoms with Gasteiger partial charge in [-0.1, -0.05) is 54.1 Å². The van der Waals surface area contributed by atoms with E-state index in [9.17, 15) is 9.90 Å². The highest BCUT2D eigenvalue weighted by atomic mass is 16.5. The van der Waals surface area contributed by atoms with Crippen molar-refractivity contribution in [2.45, 2.75) is 13.0 Å². The average Bonchev–Trinajstić information content (AvgIpc) is 3.35. The van der Waals surface area contributed by atoms with Crippen LogP contribution in [-0.4, -0.2) is 60.4 Å². The van der Waals surface area contributed by atoms with Crippen molar-refractivity contribution < 1.29 is 24.1 Å². The van der Waals surface area contributed by atoms with Gasteiger partial charge in [0, 0.05) is 21.9 Å². The Hall–Kier alpha value is -4.49. The first-order chi connectivity index (χ1) is 19.0. The highest BCUT2D eigenvalue weighted by molar-refractivity contribution is 6.10. The van der Waals surface area contributed by atoms with Crippen molar-refractivity contribution in [1.29, 1.82) is 0 Å². The van der Waals surface area contributed by atoms with Crippen LogP contribution in [0.5, 0.6) is 17.2 Å². The predicted molar refractivity (Wildman–Crippen MR) is 153 cm³/mol. The molecular formula is C32H32N2O5. The van der Waals surface area contributed by atoms with Crippen LogP contribution in [0.3, 0.4) is 0 Å². The fourth-order valence-electron chi connectivity index (χ4n) is 4.72. The first-order valence-electron chi connectivity index (χ1n) is 13.0. The number of fused-ring (bicyclic) bond motifs is 3. The van der Waals surface area contributed by atoms with Crippen LogP contribution in [0, 0.1) is 6.92 Å². The topological polar surface area (TPSA) is 84.0 Å². The number of methoxy groups -OCH3 is 1. The fraction of sp³-hybridized carbons (Fsp3) is 0.219. The SMILES string of the molecule is COc1ccccc1OCCN(CC(O)COc1cccc2[nH]c3ccccc3c12)C(=O)c1cccc(C)c1. The number of aliphatic hydroxyl groups is 1. The van der Waals surface area contributed by atoms with Crippen molar-refractivity contribution in [2.24, 2.45) is 0 Å². The quantitative estimate of drug-likeness (QED) is 0.235. The van der Waals surface area contributed by atoms with Crippen molar-refractivity contribution >= 4 is 27.7 Å². The van der Waals surface area contributed by atoms with E-state index in [1.807, 2.05) is 91.9 Å². The minimum absolute atomic E-state index is 0.0313. The van der Waals surface area contributed by atoms with Crippen LogP contribution in [0.4, 0.5) is 0 Å². The first-order valence-corrected chi connectivity index (χ1v) is 13.0. The summed E-state index contributed by atoms with van der Waals surface area (Å²) in [6.45, 7) is 2.58. The van der Waals surface area contributed by atoms with Crippen molar-refractivity contribution in [3.05, 3.63) is 102 Å². The number of aryl methyl sites for hydroxylation is 1. The molecule has 0 saturated carbocycles. The van der Waals surface area contributed by atoms with Crippen LogP contribution in [0.15, 0.2) is 91.0 Å². The normalized spacial score (nSPS) is 11.9. The number of carbonyl (C=O) groups excluding carboxylic acids is 1. The summed E-state index contributed by atoms with van der Waals surface area (Å²) >= 11 is 0. The van der Waals surface area contributed by atoms with Gasteiger partial charge in [0.1, 0.15) is 25.1 Å². The lowest BCUT2D eigenvalue weighted by Crippen LogP contribution is -2.42. The van der Waals surface area contributed by atoms with Gasteiger partial charge in [0.15, 0.2) is 11.5 Å². The predicted octanol–water partition coefficient (Wildman–Crippen LogP) is 5.60. The Morgan fingerprint density at radius 3 is 2.41 bits per heavy atom. The van der Waals surface area contributed by atoms with E-state index in [1.54, 1.807) is 18.1 Å². The van der Waals surface area contributed by atoms with Crippen LogP contribution in [0.25, 0.3) is 21.8 Å². The van der Waals surface area contributed by atoms with Crippen molar-refractivity contribution in [3.63, 3.8) is 0 Å². The van der Waals surface area contributed by atoms with Gasteiger partial charge in [-0.3, -0.25) is 4.79 Å². The number of nitrogens with one attached hydrogen (secondary N) is 1. The number of carbonyl (C=O) groups is 1. The number of hydrogen-bond donors (Lipinski definition) is 2. The monoisotopic (exact) mass is 524 g/mol. The summed E-state index contributed by atoms with van der Waals surface area (Å²) in [6.07, 6.45) is -0.912. The Labute approximate surface area is 227 Å². The minimum atomic E-state index is -0.912. The fourth-order valence-corrected chi connectivity index (χ4v) is 4.72. The molecule has 1 heterocycles. The molecule has 5 rings (SSSR count). The largest absolute Gasteiger partial charge is 0.493 e. The minimum Gasteiger partial charge on any atom is -0.493 e. The molecule has 0 spiro atoms. The smallest absolute Gasteiger partial charge is 0.254 e. The van der Waals surface area contributed by atoms with Gasteiger partial charge in [-0.15, -0.1) is 0 Å². The zero-order chi connectivity index (χ0) is 27.2. The summed E-state index contributed by atoms with van der Waals surface area (Å²) in [4.78, 5) is 18.5. The molecule has 0 radical (unpaired) electrons. The van der Waals surface area contributed by atoms with E-state index in [-0.39, 0.29) is 32.2 Å². The molecule has 7 nitrogen and oxygen atoms in total. The molecule has 0 aliphatic carbocycles. The highest BCUT2D eigenvalue weighted by Crippen LogP contribution is 2.33. The number of H-pyrrole nitrogens is 1. The second kappa shape index (κ2) is 11.9. The lowest BCUT2D eigenvalue weighted by Gasteiger charge is -2.26. The Kier molecular flexibility index (Phi) is 7.99. The molecule has 4 aromatic carbocycles. The maximum absolute atomic E-state index is 13.4. The van der Waals surface area contributed by atoms with Crippen LogP contribution in [-0.2, 0) is 0 Å². The average molecular weight is 525 g/mol. The maximum Gasteiger partial charge on any atom is 0.254 e. The zero-order valence-electron chi connectivity index (χ0n) is 22.1. The standard InChI is InChI=1S/C32H32N2O5/c1-22-9-7-10-23(19-22)32(36)34(17-18-38-29-15-6-5-14-28(29)37-2)20-24(35)21-39-30-16-8-13-27-31(30)25-11-3-4-12-26(25)33-27/h3-16,19,24,33,35H,17-18,20-21H2,1-2H3. The highest BCUT2D eigenvalue weighted by Gasteiger charge is 2.21. The molecule has 2 N–H and O–H groups in total. The van der Waals surface area contributed by atoms with E-state index in [0.29, 0.717) is 22.8 Å². The Bertz CT molecular complexity index is 1580. The summed E-state index contributed by atoms with van der Waals surface area (Å²) in [6, 6.07) is 28.7. The van der Waals surface area contributed by atoms with Crippen LogP contribution in [0.2, 0.25) is 0 Å². The molecule has 0 aliphatic rings. The van der Waals surface area contributed by atoms with Crippen LogP contribution >= 0.6 is 0 Å². The number of nitrogens with zero attached hydrogens (tertiary/aromatic N) is 1.